The topological polar surface area (TPSA) is 79.7 Å². The monoisotopic (exact) mass is 350 g/mol. The maximum Gasteiger partial charge on any atom is 0.226 e. The molecule has 4 rings (SSSR count). The third kappa shape index (κ3) is 3.12. The third-order valence-corrected chi connectivity index (χ3v) is 5.02. The Hall–Kier alpha value is -2.96. The van der Waals surface area contributed by atoms with E-state index in [0.29, 0.717) is 13.0 Å². The van der Waals surface area contributed by atoms with Gasteiger partial charge in [0.2, 0.25) is 5.91 Å². The van der Waals surface area contributed by atoms with Crippen molar-refractivity contribution >= 4 is 5.91 Å². The second-order valence-corrected chi connectivity index (χ2v) is 6.85. The number of aromatic nitrogens is 5. The molecule has 26 heavy (non-hydrogen) atoms. The summed E-state index contributed by atoms with van der Waals surface area (Å²) in [6.07, 6.45) is 4.15. The fourth-order valence-corrected chi connectivity index (χ4v) is 3.54. The molecule has 1 atom stereocenters. The molecule has 0 radical (unpaired) electrons. The summed E-state index contributed by atoms with van der Waals surface area (Å²) in [5.74, 6) is 0.918. The van der Waals surface area contributed by atoms with E-state index < -0.39 is 0 Å². The molecule has 0 spiro atoms. The molecule has 0 saturated heterocycles. The first-order valence-electron chi connectivity index (χ1n) is 8.83. The van der Waals surface area contributed by atoms with Crippen molar-refractivity contribution in [1.29, 1.82) is 0 Å². The van der Waals surface area contributed by atoms with Crippen LogP contribution >= 0.6 is 0 Å². The number of nitrogens with zero attached hydrogens (tertiary/aromatic N) is 5. The van der Waals surface area contributed by atoms with E-state index in [4.69, 9.17) is 0 Å². The van der Waals surface area contributed by atoms with E-state index in [2.05, 4.69) is 20.3 Å². The number of hydrogen-bond donors (Lipinski definition) is 1. The standard InChI is InChI=1S/C19H22N6O/c1-24(12-18-20-11-16(21-18)13-6-4-3-5-7-13)19(26)14-8-9-15-17(10-14)25(2)23-22-15/h3-7,11,14H,8-10,12H2,1-2H3,(H,20,21). The van der Waals surface area contributed by atoms with E-state index >= 15 is 0 Å². The summed E-state index contributed by atoms with van der Waals surface area (Å²) in [6, 6.07) is 10.0. The number of rotatable bonds is 4. The van der Waals surface area contributed by atoms with Gasteiger partial charge in [0, 0.05) is 26.4 Å². The zero-order valence-corrected chi connectivity index (χ0v) is 15.0. The molecule has 0 bridgehead atoms. The van der Waals surface area contributed by atoms with E-state index in [-0.39, 0.29) is 11.8 Å². The number of fused-ring (bicyclic) bond motifs is 1. The summed E-state index contributed by atoms with van der Waals surface area (Å²) < 4.78 is 1.79. The molecular formula is C19H22N6O. The zero-order chi connectivity index (χ0) is 18.1. The fraction of sp³-hybridized carbons (Fsp3) is 0.368. The van der Waals surface area contributed by atoms with Crippen molar-refractivity contribution in [1.82, 2.24) is 29.9 Å². The van der Waals surface area contributed by atoms with Gasteiger partial charge in [-0.3, -0.25) is 9.48 Å². The fourth-order valence-electron chi connectivity index (χ4n) is 3.54. The highest BCUT2D eigenvalue weighted by molar-refractivity contribution is 5.79. The van der Waals surface area contributed by atoms with Gasteiger partial charge < -0.3 is 9.88 Å². The van der Waals surface area contributed by atoms with Gasteiger partial charge in [0.15, 0.2) is 0 Å². The largest absolute Gasteiger partial charge is 0.341 e. The number of amides is 1. The van der Waals surface area contributed by atoms with Crippen molar-refractivity contribution in [3.05, 3.63) is 53.7 Å². The minimum absolute atomic E-state index is 0.0201. The molecular weight excluding hydrogens is 328 g/mol. The predicted octanol–water partition coefficient (Wildman–Crippen LogP) is 1.97. The Morgan fingerprint density at radius 2 is 2.15 bits per heavy atom. The maximum absolute atomic E-state index is 12.9. The number of benzene rings is 1. The van der Waals surface area contributed by atoms with E-state index in [1.165, 1.54) is 0 Å². The summed E-state index contributed by atoms with van der Waals surface area (Å²) in [5.41, 5.74) is 4.15. The van der Waals surface area contributed by atoms with Gasteiger partial charge in [-0.25, -0.2) is 4.98 Å². The van der Waals surface area contributed by atoms with Crippen LogP contribution in [0.2, 0.25) is 0 Å². The van der Waals surface area contributed by atoms with Crippen molar-refractivity contribution in [3.8, 4) is 11.3 Å². The van der Waals surface area contributed by atoms with E-state index in [1.807, 2.05) is 50.6 Å². The van der Waals surface area contributed by atoms with Crippen LogP contribution in [0.5, 0.6) is 0 Å². The maximum atomic E-state index is 12.9. The Labute approximate surface area is 152 Å². The number of carbonyl (C=O) groups is 1. The molecule has 0 aliphatic heterocycles. The average Bonchev–Trinajstić information content (AvgIpc) is 3.28. The number of nitrogens with one attached hydrogen (secondary N) is 1. The highest BCUT2D eigenvalue weighted by Gasteiger charge is 2.30. The van der Waals surface area contributed by atoms with Crippen LogP contribution in [0, 0.1) is 5.92 Å². The predicted molar refractivity (Wildman–Crippen MR) is 97.0 cm³/mol. The van der Waals surface area contributed by atoms with Crippen molar-refractivity contribution in [3.63, 3.8) is 0 Å². The van der Waals surface area contributed by atoms with Gasteiger partial charge in [-0.2, -0.15) is 0 Å². The first-order valence-corrected chi connectivity index (χ1v) is 8.83. The molecule has 1 aliphatic rings. The third-order valence-electron chi connectivity index (χ3n) is 5.02. The molecule has 134 valence electrons. The molecule has 0 fully saturated rings. The van der Waals surface area contributed by atoms with Crippen LogP contribution < -0.4 is 0 Å². The molecule has 1 N–H and O–H groups in total. The Morgan fingerprint density at radius 3 is 2.96 bits per heavy atom. The summed E-state index contributed by atoms with van der Waals surface area (Å²) in [7, 11) is 3.72. The minimum atomic E-state index is -0.0201. The average molecular weight is 350 g/mol. The normalized spacial score (nSPS) is 16.3. The van der Waals surface area contributed by atoms with E-state index in [1.54, 1.807) is 9.58 Å². The first-order chi connectivity index (χ1) is 12.6. The molecule has 2 heterocycles. The molecule has 1 aromatic carbocycles. The Kier molecular flexibility index (Phi) is 4.28. The number of aryl methyl sites for hydroxylation is 2. The molecule has 1 amide bonds. The molecule has 1 aliphatic carbocycles. The molecule has 2 aromatic heterocycles. The number of carbonyl (C=O) groups excluding carboxylic acids is 1. The molecule has 7 heteroatoms. The van der Waals surface area contributed by atoms with Crippen molar-refractivity contribution < 1.29 is 4.79 Å². The van der Waals surface area contributed by atoms with Crippen LogP contribution in [0.15, 0.2) is 36.5 Å². The molecule has 7 nitrogen and oxygen atoms in total. The second kappa shape index (κ2) is 6.74. The number of aromatic amines is 1. The zero-order valence-electron chi connectivity index (χ0n) is 15.0. The van der Waals surface area contributed by atoms with Crippen LogP contribution in [-0.4, -0.2) is 42.8 Å². The Balaban J connectivity index is 1.42. The van der Waals surface area contributed by atoms with Crippen LogP contribution in [-0.2, 0) is 31.2 Å². The first kappa shape index (κ1) is 16.5. The SMILES string of the molecule is CN(Cc1ncc(-c2ccccc2)[nH]1)C(=O)C1CCc2nnn(C)c2C1. The minimum Gasteiger partial charge on any atom is -0.341 e. The lowest BCUT2D eigenvalue weighted by Crippen LogP contribution is -2.36. The summed E-state index contributed by atoms with van der Waals surface area (Å²) in [5, 5.41) is 8.23. The van der Waals surface area contributed by atoms with Crippen LogP contribution in [0.1, 0.15) is 23.6 Å². The number of H-pyrrole nitrogens is 1. The summed E-state index contributed by atoms with van der Waals surface area (Å²) >= 11 is 0. The smallest absolute Gasteiger partial charge is 0.226 e. The second-order valence-electron chi connectivity index (χ2n) is 6.85. The lowest BCUT2D eigenvalue weighted by atomic mass is 9.88. The number of hydrogen-bond acceptors (Lipinski definition) is 4. The van der Waals surface area contributed by atoms with Gasteiger partial charge >= 0.3 is 0 Å². The highest BCUT2D eigenvalue weighted by atomic mass is 16.2. The molecule has 0 saturated carbocycles. The molecule has 1 unspecified atom stereocenters. The van der Waals surface area contributed by atoms with Crippen LogP contribution in [0.4, 0.5) is 0 Å². The van der Waals surface area contributed by atoms with Gasteiger partial charge in [-0.15, -0.1) is 5.10 Å². The lowest BCUT2D eigenvalue weighted by molar-refractivity contribution is -0.135. The van der Waals surface area contributed by atoms with Crippen molar-refractivity contribution in [2.75, 3.05) is 7.05 Å². The van der Waals surface area contributed by atoms with Crippen molar-refractivity contribution in [2.24, 2.45) is 13.0 Å². The van der Waals surface area contributed by atoms with Gasteiger partial charge in [0.1, 0.15) is 5.82 Å². The van der Waals surface area contributed by atoms with E-state index in [9.17, 15) is 4.79 Å². The van der Waals surface area contributed by atoms with E-state index in [0.717, 1.165) is 41.3 Å². The van der Waals surface area contributed by atoms with Crippen LogP contribution in [0.25, 0.3) is 11.3 Å². The Bertz CT molecular complexity index is 913. The van der Waals surface area contributed by atoms with Gasteiger partial charge in [0.25, 0.3) is 0 Å². The van der Waals surface area contributed by atoms with Gasteiger partial charge in [-0.1, -0.05) is 35.5 Å². The number of imidazole rings is 1. The quantitative estimate of drug-likeness (QED) is 0.780. The highest BCUT2D eigenvalue weighted by Crippen LogP contribution is 2.25. The van der Waals surface area contributed by atoms with Gasteiger partial charge in [-0.05, 0) is 18.4 Å². The lowest BCUT2D eigenvalue weighted by Gasteiger charge is -2.25. The molecule has 3 aromatic rings. The van der Waals surface area contributed by atoms with Crippen molar-refractivity contribution in [2.45, 2.75) is 25.8 Å². The van der Waals surface area contributed by atoms with Crippen LogP contribution in [0.3, 0.4) is 0 Å². The summed E-state index contributed by atoms with van der Waals surface area (Å²) in [4.78, 5) is 22.4. The van der Waals surface area contributed by atoms with Gasteiger partial charge in [0.05, 0.1) is 29.8 Å². The summed E-state index contributed by atoms with van der Waals surface area (Å²) in [6.45, 7) is 0.471. The Morgan fingerprint density at radius 1 is 1.35 bits per heavy atom.